The van der Waals surface area contributed by atoms with E-state index in [0.29, 0.717) is 25.7 Å². The molecule has 71 heavy (non-hydrogen) atoms. The number of rotatable bonds is 43. The maximum Gasteiger partial charge on any atom is 0.335 e. The van der Waals surface area contributed by atoms with Gasteiger partial charge in [0.2, 0.25) is 0 Å². The van der Waals surface area contributed by atoms with Crippen molar-refractivity contribution in [3.8, 4) is 0 Å². The Balaban J connectivity index is 2.78. The van der Waals surface area contributed by atoms with Gasteiger partial charge < -0.3 is 39.0 Å². The van der Waals surface area contributed by atoms with E-state index in [1.807, 2.05) is 6.08 Å². The molecule has 1 rings (SSSR count). The van der Waals surface area contributed by atoms with Gasteiger partial charge in [-0.2, -0.15) is 0 Å². The lowest BCUT2D eigenvalue weighted by atomic mass is 9.98. The van der Waals surface area contributed by atoms with Crippen molar-refractivity contribution in [2.45, 2.75) is 225 Å². The van der Waals surface area contributed by atoms with Crippen LogP contribution in [0.15, 0.2) is 109 Å². The molecule has 1 heterocycles. The van der Waals surface area contributed by atoms with Crippen LogP contribution in [0.3, 0.4) is 0 Å². The number of hydrogen-bond acceptors (Lipinski definition) is 11. The molecular weight excluding hydrogens is 901 g/mol. The maximum absolute atomic E-state index is 13.1. The molecule has 0 bridgehead atoms. The molecule has 400 valence electrons. The van der Waals surface area contributed by atoms with Crippen molar-refractivity contribution in [2.75, 3.05) is 13.2 Å². The van der Waals surface area contributed by atoms with E-state index >= 15 is 0 Å². The number of hydrogen-bond donors (Lipinski definition) is 3. The molecule has 12 heteroatoms. The van der Waals surface area contributed by atoms with Gasteiger partial charge in [0.05, 0.1) is 6.61 Å². The van der Waals surface area contributed by atoms with Crippen molar-refractivity contribution >= 4 is 23.9 Å². The lowest BCUT2D eigenvalue weighted by Crippen LogP contribution is -2.61. The van der Waals surface area contributed by atoms with Crippen LogP contribution in [0.2, 0.25) is 0 Å². The van der Waals surface area contributed by atoms with Crippen LogP contribution in [0.1, 0.15) is 188 Å². The number of carboxylic acids is 1. The topological polar surface area (TPSA) is 175 Å². The highest BCUT2D eigenvalue weighted by atomic mass is 16.7. The van der Waals surface area contributed by atoms with Crippen LogP contribution in [0.25, 0.3) is 0 Å². The molecule has 0 aromatic heterocycles. The summed E-state index contributed by atoms with van der Waals surface area (Å²) in [5.41, 5.74) is 0. The second-order valence-corrected chi connectivity index (χ2v) is 17.7. The first kappa shape index (κ1) is 64.4. The van der Waals surface area contributed by atoms with Crippen LogP contribution in [0, 0.1) is 0 Å². The minimum atomic E-state index is -1.92. The fourth-order valence-electron chi connectivity index (χ4n) is 7.22. The van der Waals surface area contributed by atoms with Gasteiger partial charge in [-0.1, -0.05) is 169 Å². The van der Waals surface area contributed by atoms with E-state index in [-0.39, 0.29) is 25.9 Å². The van der Waals surface area contributed by atoms with Gasteiger partial charge in [-0.05, 0) is 109 Å². The number of allylic oxidation sites excluding steroid dienone is 18. The molecule has 1 saturated heterocycles. The SMILES string of the molecule is CC/C=C\C/C=C\C/C=C\C/C=C\C/C=C\CCCC(=O)OCC(COC1OC(C(=O)O)C(O)C(O)C1OC(=O)CCCCC/C=C\C/C=C\C/C=C\CC)OC(=O)CCCCCCC/C=C\CCCC. The van der Waals surface area contributed by atoms with Gasteiger partial charge in [0.15, 0.2) is 24.6 Å². The first-order valence-electron chi connectivity index (χ1n) is 26.9. The summed E-state index contributed by atoms with van der Waals surface area (Å²) in [6.45, 7) is 5.61. The van der Waals surface area contributed by atoms with Gasteiger partial charge in [-0.3, -0.25) is 14.4 Å². The van der Waals surface area contributed by atoms with Gasteiger partial charge in [0.1, 0.15) is 18.8 Å². The molecule has 0 spiro atoms. The highest BCUT2D eigenvalue weighted by Gasteiger charge is 2.50. The van der Waals surface area contributed by atoms with Gasteiger partial charge >= 0.3 is 23.9 Å². The van der Waals surface area contributed by atoms with Crippen LogP contribution in [-0.2, 0) is 42.9 Å². The summed E-state index contributed by atoms with van der Waals surface area (Å²) in [6, 6.07) is 0. The van der Waals surface area contributed by atoms with E-state index in [0.717, 1.165) is 109 Å². The normalized spacial score (nSPS) is 19.4. The molecule has 0 amide bonds. The summed E-state index contributed by atoms with van der Waals surface area (Å²) >= 11 is 0. The Bertz CT molecular complexity index is 1650. The van der Waals surface area contributed by atoms with E-state index in [4.69, 9.17) is 23.7 Å². The minimum absolute atomic E-state index is 0.0134. The Morgan fingerprint density at radius 3 is 1.42 bits per heavy atom. The number of carbonyl (C=O) groups is 4. The molecule has 0 aromatic rings. The highest BCUT2D eigenvalue weighted by molar-refractivity contribution is 5.74. The first-order chi connectivity index (χ1) is 34.6. The summed E-state index contributed by atoms with van der Waals surface area (Å²) in [4.78, 5) is 50.9. The van der Waals surface area contributed by atoms with Gasteiger partial charge in [0, 0.05) is 19.3 Å². The highest BCUT2D eigenvalue weighted by Crippen LogP contribution is 2.26. The number of carbonyl (C=O) groups excluding carboxylic acids is 3. The Morgan fingerprint density at radius 2 is 0.901 bits per heavy atom. The van der Waals surface area contributed by atoms with Crippen molar-refractivity contribution in [3.05, 3.63) is 109 Å². The molecular formula is C59H92O12. The fourth-order valence-corrected chi connectivity index (χ4v) is 7.22. The van der Waals surface area contributed by atoms with Crippen molar-refractivity contribution in [2.24, 2.45) is 0 Å². The zero-order valence-electron chi connectivity index (χ0n) is 43.7. The molecule has 12 nitrogen and oxygen atoms in total. The lowest BCUT2D eigenvalue weighted by Gasteiger charge is -2.40. The second-order valence-electron chi connectivity index (χ2n) is 17.7. The molecule has 0 aliphatic carbocycles. The summed E-state index contributed by atoms with van der Waals surface area (Å²) in [7, 11) is 0. The van der Waals surface area contributed by atoms with Crippen LogP contribution in [0.4, 0.5) is 0 Å². The van der Waals surface area contributed by atoms with E-state index in [1.165, 1.54) is 12.8 Å². The van der Waals surface area contributed by atoms with Gasteiger partial charge in [0.25, 0.3) is 0 Å². The largest absolute Gasteiger partial charge is 0.479 e. The third-order valence-corrected chi connectivity index (χ3v) is 11.3. The number of ether oxygens (including phenoxy) is 5. The Kier molecular flexibility index (Phi) is 42.1. The zero-order valence-corrected chi connectivity index (χ0v) is 43.7. The van der Waals surface area contributed by atoms with Crippen LogP contribution >= 0.6 is 0 Å². The van der Waals surface area contributed by atoms with E-state index in [9.17, 15) is 34.5 Å². The molecule has 1 aliphatic heterocycles. The Labute approximate surface area is 427 Å². The molecule has 0 radical (unpaired) electrons. The first-order valence-corrected chi connectivity index (χ1v) is 26.9. The summed E-state index contributed by atoms with van der Waals surface area (Å²) in [5.74, 6) is -3.27. The van der Waals surface area contributed by atoms with Crippen LogP contribution < -0.4 is 0 Å². The van der Waals surface area contributed by atoms with Crippen molar-refractivity contribution in [1.29, 1.82) is 0 Å². The molecule has 0 saturated carbocycles. The predicted octanol–water partition coefficient (Wildman–Crippen LogP) is 13.1. The third-order valence-electron chi connectivity index (χ3n) is 11.3. The van der Waals surface area contributed by atoms with Crippen molar-refractivity contribution in [1.82, 2.24) is 0 Å². The Hall–Kier alpha value is -4.62. The number of esters is 3. The second kappa shape index (κ2) is 46.5. The number of carboxylic acid groups (broad SMARTS) is 1. The monoisotopic (exact) mass is 993 g/mol. The maximum atomic E-state index is 13.1. The van der Waals surface area contributed by atoms with Gasteiger partial charge in [-0.25, -0.2) is 4.79 Å². The quantitative estimate of drug-likeness (QED) is 0.0229. The smallest absolute Gasteiger partial charge is 0.335 e. The summed E-state index contributed by atoms with van der Waals surface area (Å²) in [5, 5.41) is 31.3. The molecule has 6 atom stereocenters. The predicted molar refractivity (Wildman–Crippen MR) is 284 cm³/mol. The van der Waals surface area contributed by atoms with Crippen molar-refractivity contribution < 1.29 is 58.2 Å². The molecule has 0 aromatic carbocycles. The van der Waals surface area contributed by atoms with Crippen molar-refractivity contribution in [3.63, 3.8) is 0 Å². The third kappa shape index (κ3) is 36.9. The average Bonchev–Trinajstić information content (AvgIpc) is 3.35. The van der Waals surface area contributed by atoms with E-state index in [2.05, 4.69) is 124 Å². The Morgan fingerprint density at radius 1 is 0.479 bits per heavy atom. The molecule has 1 fully saturated rings. The van der Waals surface area contributed by atoms with E-state index in [1.54, 1.807) is 0 Å². The number of aliphatic carboxylic acids is 1. The zero-order chi connectivity index (χ0) is 51.8. The van der Waals surface area contributed by atoms with E-state index < -0.39 is 67.3 Å². The van der Waals surface area contributed by atoms with Gasteiger partial charge in [-0.15, -0.1) is 0 Å². The number of aliphatic hydroxyl groups is 2. The fraction of sp³-hybridized carbons (Fsp3) is 0.627. The molecule has 1 aliphatic rings. The standard InChI is InChI=1S/C59H92O12/c1-4-7-10-13-16-19-22-24-25-26-27-29-31-33-36-39-42-45-51(60)67-48-50(69-52(61)46-43-40-37-34-30-21-18-15-12-9-6-3)49-68-59-57(55(64)54(63)56(71-59)58(65)66)70-53(62)47-44-41-38-35-32-28-23-20-17-14-11-8-5-2/h7-8,10-11,15-20,24-25,27-29,32-33,36,50,54-57,59,63-64H,4-6,9,12-14,21-23,26,30-31,34-35,37-49H2,1-3H3,(H,65,66)/b10-7-,11-8-,18-15-,19-16-,20-17-,25-24-,29-27-,32-28-,36-33-. The minimum Gasteiger partial charge on any atom is -0.479 e. The number of aliphatic hydroxyl groups excluding tert-OH is 2. The molecule has 6 unspecified atom stereocenters. The molecule has 3 N–H and O–H groups in total. The lowest BCUT2D eigenvalue weighted by molar-refractivity contribution is -0.301. The van der Waals surface area contributed by atoms with Crippen LogP contribution in [0.5, 0.6) is 0 Å². The summed E-state index contributed by atoms with van der Waals surface area (Å²) in [6.07, 6.45) is 49.4. The summed E-state index contributed by atoms with van der Waals surface area (Å²) < 4.78 is 28.2. The number of unbranched alkanes of at least 4 members (excludes halogenated alkanes) is 11. The van der Waals surface area contributed by atoms with Crippen LogP contribution in [-0.4, -0.2) is 89.2 Å². The average molecular weight is 993 g/mol.